The molecule has 106 valence electrons. The van der Waals surface area contributed by atoms with Gasteiger partial charge in [-0.25, -0.2) is 0 Å². The third-order valence-corrected chi connectivity index (χ3v) is 3.85. The number of hydrogen-bond acceptors (Lipinski definition) is 2. The molecule has 2 rings (SSSR count). The summed E-state index contributed by atoms with van der Waals surface area (Å²) in [4.78, 5) is 14.3. The summed E-state index contributed by atoms with van der Waals surface area (Å²) >= 11 is 0. The summed E-state index contributed by atoms with van der Waals surface area (Å²) in [6.07, 6.45) is 2.11. The highest BCUT2D eigenvalue weighted by molar-refractivity contribution is 5.94. The molecule has 0 radical (unpaired) electrons. The molecule has 1 fully saturated rings. The van der Waals surface area contributed by atoms with Crippen LogP contribution in [-0.2, 0) is 0 Å². The van der Waals surface area contributed by atoms with Gasteiger partial charge in [0.2, 0.25) is 0 Å². The van der Waals surface area contributed by atoms with Crippen molar-refractivity contribution in [2.45, 2.75) is 26.7 Å². The Morgan fingerprint density at radius 2 is 1.85 bits per heavy atom. The van der Waals surface area contributed by atoms with E-state index in [0.29, 0.717) is 11.0 Å². The number of piperidine rings is 1. The maximum atomic E-state index is 12.4. The molecule has 0 atom stereocenters. The number of carbonyl (C=O) groups is 1. The molecule has 0 saturated carbocycles. The van der Waals surface area contributed by atoms with E-state index in [1.807, 2.05) is 29.2 Å². The van der Waals surface area contributed by atoms with Gasteiger partial charge in [-0.1, -0.05) is 25.7 Å². The highest BCUT2D eigenvalue weighted by atomic mass is 16.2. The van der Waals surface area contributed by atoms with Crippen LogP contribution in [-0.4, -0.2) is 35.6 Å². The van der Waals surface area contributed by atoms with E-state index in [4.69, 9.17) is 5.11 Å². The monoisotopic (exact) mass is 271 g/mol. The Kier molecular flexibility index (Phi) is 4.46. The molecule has 0 spiro atoms. The average Bonchev–Trinajstić information content (AvgIpc) is 2.45. The zero-order valence-corrected chi connectivity index (χ0v) is 12.1. The van der Waals surface area contributed by atoms with Crippen LogP contribution >= 0.6 is 0 Å². The van der Waals surface area contributed by atoms with Gasteiger partial charge in [-0.05, 0) is 42.5 Å². The summed E-state index contributed by atoms with van der Waals surface area (Å²) in [7, 11) is 0. The number of aliphatic hydroxyl groups excluding tert-OH is 1. The van der Waals surface area contributed by atoms with Gasteiger partial charge < -0.3 is 10.0 Å². The Labute approximate surface area is 120 Å². The fourth-order valence-corrected chi connectivity index (χ4v) is 2.34. The van der Waals surface area contributed by atoms with Gasteiger partial charge in [0.25, 0.3) is 5.91 Å². The first-order valence-corrected chi connectivity index (χ1v) is 7.01. The molecule has 0 aromatic heterocycles. The van der Waals surface area contributed by atoms with Crippen molar-refractivity contribution in [3.05, 3.63) is 35.4 Å². The number of aliphatic hydroxyl groups is 1. The Bertz CT molecular complexity index is 524. The van der Waals surface area contributed by atoms with E-state index in [2.05, 4.69) is 25.7 Å². The highest BCUT2D eigenvalue weighted by Crippen LogP contribution is 2.30. The van der Waals surface area contributed by atoms with Gasteiger partial charge >= 0.3 is 0 Å². The first kappa shape index (κ1) is 14.6. The summed E-state index contributed by atoms with van der Waals surface area (Å²) in [6.45, 7) is 6.02. The lowest BCUT2D eigenvalue weighted by molar-refractivity contribution is 0.0630. The minimum absolute atomic E-state index is 0.0992. The number of nitrogens with zero attached hydrogens (tertiary/aromatic N) is 1. The molecule has 1 amide bonds. The predicted molar refractivity (Wildman–Crippen MR) is 79.3 cm³/mol. The standard InChI is InChI=1S/C17H21NO2/c1-17(2)9-11-18(12-10-17)16(20)15-7-5-14(6-8-15)4-3-13-19/h5-8,19H,9-13H2,1-2H3. The van der Waals surface area contributed by atoms with E-state index < -0.39 is 0 Å². The fourth-order valence-electron chi connectivity index (χ4n) is 2.34. The van der Waals surface area contributed by atoms with Crippen LogP contribution in [0.1, 0.15) is 42.6 Å². The van der Waals surface area contributed by atoms with Gasteiger partial charge in [-0.15, -0.1) is 0 Å². The zero-order chi connectivity index (χ0) is 14.6. The van der Waals surface area contributed by atoms with Crippen LogP contribution in [0, 0.1) is 17.3 Å². The largest absolute Gasteiger partial charge is 0.384 e. The molecule has 1 aliphatic rings. The molecule has 1 aliphatic heterocycles. The SMILES string of the molecule is CC1(C)CCN(C(=O)c2ccc(C#CCO)cc2)CC1. The van der Waals surface area contributed by atoms with Crippen LogP contribution in [0.2, 0.25) is 0 Å². The summed E-state index contributed by atoms with van der Waals surface area (Å²) in [5.74, 6) is 5.52. The Balaban J connectivity index is 2.03. The van der Waals surface area contributed by atoms with Crippen molar-refractivity contribution in [2.75, 3.05) is 19.7 Å². The molecule has 1 saturated heterocycles. The quantitative estimate of drug-likeness (QED) is 0.796. The number of carbonyl (C=O) groups excluding carboxylic acids is 1. The predicted octanol–water partition coefficient (Wildman–Crippen LogP) is 2.29. The molecule has 3 nitrogen and oxygen atoms in total. The first-order chi connectivity index (χ1) is 9.52. The maximum absolute atomic E-state index is 12.4. The van der Waals surface area contributed by atoms with Crippen LogP contribution in [0.3, 0.4) is 0 Å². The number of benzene rings is 1. The summed E-state index contributed by atoms with van der Waals surface area (Å²) in [5.41, 5.74) is 1.87. The molecule has 0 unspecified atom stereocenters. The lowest BCUT2D eigenvalue weighted by atomic mass is 9.82. The Morgan fingerprint density at radius 3 is 2.40 bits per heavy atom. The van der Waals surface area contributed by atoms with E-state index in [9.17, 15) is 4.79 Å². The molecule has 1 N–H and O–H groups in total. The van der Waals surface area contributed by atoms with Gasteiger partial charge in [0.1, 0.15) is 6.61 Å². The fraction of sp³-hybridized carbons (Fsp3) is 0.471. The molecule has 3 heteroatoms. The van der Waals surface area contributed by atoms with Crippen LogP contribution in [0.15, 0.2) is 24.3 Å². The van der Waals surface area contributed by atoms with Crippen LogP contribution < -0.4 is 0 Å². The number of rotatable bonds is 1. The second-order valence-electron chi connectivity index (χ2n) is 5.99. The summed E-state index contributed by atoms with van der Waals surface area (Å²) in [5, 5.41) is 8.65. The van der Waals surface area contributed by atoms with E-state index in [-0.39, 0.29) is 12.5 Å². The molecule has 0 bridgehead atoms. The van der Waals surface area contributed by atoms with E-state index in [1.54, 1.807) is 0 Å². The lowest BCUT2D eigenvalue weighted by Gasteiger charge is -2.36. The van der Waals surface area contributed by atoms with Crippen molar-refractivity contribution in [3.63, 3.8) is 0 Å². The van der Waals surface area contributed by atoms with Crippen molar-refractivity contribution in [1.29, 1.82) is 0 Å². The van der Waals surface area contributed by atoms with Crippen molar-refractivity contribution in [1.82, 2.24) is 4.90 Å². The van der Waals surface area contributed by atoms with Crippen LogP contribution in [0.4, 0.5) is 0 Å². The Hall–Kier alpha value is -1.79. The van der Waals surface area contributed by atoms with Crippen molar-refractivity contribution in [2.24, 2.45) is 5.41 Å². The van der Waals surface area contributed by atoms with Gasteiger partial charge in [-0.2, -0.15) is 0 Å². The van der Waals surface area contributed by atoms with E-state index >= 15 is 0 Å². The molecular formula is C17H21NO2. The second-order valence-corrected chi connectivity index (χ2v) is 5.99. The number of amides is 1. The van der Waals surface area contributed by atoms with Crippen molar-refractivity contribution >= 4 is 5.91 Å². The number of likely N-dealkylation sites (tertiary alicyclic amines) is 1. The number of hydrogen-bond donors (Lipinski definition) is 1. The van der Waals surface area contributed by atoms with Gasteiger partial charge in [-0.3, -0.25) is 4.79 Å². The minimum atomic E-state index is -0.149. The normalized spacial score (nSPS) is 17.2. The van der Waals surface area contributed by atoms with Gasteiger partial charge in [0, 0.05) is 24.2 Å². The smallest absolute Gasteiger partial charge is 0.253 e. The lowest BCUT2D eigenvalue weighted by Crippen LogP contribution is -2.41. The highest BCUT2D eigenvalue weighted by Gasteiger charge is 2.28. The van der Waals surface area contributed by atoms with Crippen LogP contribution in [0.5, 0.6) is 0 Å². The average molecular weight is 271 g/mol. The maximum Gasteiger partial charge on any atom is 0.253 e. The van der Waals surface area contributed by atoms with E-state index in [0.717, 1.165) is 31.5 Å². The van der Waals surface area contributed by atoms with Crippen LogP contribution in [0.25, 0.3) is 0 Å². The first-order valence-electron chi connectivity index (χ1n) is 7.01. The van der Waals surface area contributed by atoms with Gasteiger partial charge in [0.15, 0.2) is 0 Å². The zero-order valence-electron chi connectivity index (χ0n) is 12.1. The summed E-state index contributed by atoms with van der Waals surface area (Å²) < 4.78 is 0. The van der Waals surface area contributed by atoms with Crippen molar-refractivity contribution < 1.29 is 9.90 Å². The topological polar surface area (TPSA) is 40.5 Å². The van der Waals surface area contributed by atoms with Gasteiger partial charge in [0.05, 0.1) is 0 Å². The molecule has 20 heavy (non-hydrogen) atoms. The third-order valence-electron chi connectivity index (χ3n) is 3.85. The third kappa shape index (κ3) is 3.61. The molecule has 1 aromatic carbocycles. The summed E-state index contributed by atoms with van der Waals surface area (Å²) in [6, 6.07) is 7.26. The molecule has 1 heterocycles. The molecular weight excluding hydrogens is 250 g/mol. The Morgan fingerprint density at radius 1 is 1.25 bits per heavy atom. The van der Waals surface area contributed by atoms with Crippen molar-refractivity contribution in [3.8, 4) is 11.8 Å². The second kappa shape index (κ2) is 6.11. The molecule has 0 aliphatic carbocycles. The molecule has 1 aromatic rings. The minimum Gasteiger partial charge on any atom is -0.384 e. The van der Waals surface area contributed by atoms with E-state index in [1.165, 1.54) is 0 Å².